The van der Waals surface area contributed by atoms with Gasteiger partial charge >= 0.3 is 12.2 Å². The number of hydrogen-bond acceptors (Lipinski definition) is 8. The molecule has 6 rings (SSSR count). The summed E-state index contributed by atoms with van der Waals surface area (Å²) < 4.78 is 59.6. The standard InChI is InChI=1S/C33H38F3N5O5/c1-40-10-7-17-13-26(45-3)31(46-4)29-27(17)24(40)15-20-22(16-25(44-2)30(42)28(20)29)39-32(43)38-19-5-6-23(21(14-19)33(34,35)36)41-11-8-18(37)9-12-41/h5-6,13-14,16,18,24,42H,7-12,15,37H2,1-4H3,(H2,38,39,43)/t24-/m0/s1. The number of aromatic hydroxyl groups is 1. The largest absolute Gasteiger partial charge is 0.504 e. The number of carbonyl (C=O) groups is 1. The van der Waals surface area contributed by atoms with Crippen LogP contribution in [0.2, 0.25) is 0 Å². The molecule has 13 heteroatoms. The van der Waals surface area contributed by atoms with Crippen LogP contribution in [0.25, 0.3) is 11.1 Å². The van der Waals surface area contributed by atoms with Crippen LogP contribution in [0.15, 0.2) is 30.3 Å². The third-order valence-electron chi connectivity index (χ3n) is 9.32. The lowest BCUT2D eigenvalue weighted by Crippen LogP contribution is -2.40. The van der Waals surface area contributed by atoms with Crippen LogP contribution in [-0.4, -0.2) is 70.1 Å². The number of halogens is 3. The number of carbonyl (C=O) groups excluding carboxylic acids is 1. The van der Waals surface area contributed by atoms with E-state index >= 15 is 0 Å². The van der Waals surface area contributed by atoms with Gasteiger partial charge in [-0.25, -0.2) is 4.79 Å². The summed E-state index contributed by atoms with van der Waals surface area (Å²) in [4.78, 5) is 17.3. The molecule has 1 saturated heterocycles. The van der Waals surface area contributed by atoms with E-state index in [4.69, 9.17) is 19.9 Å². The summed E-state index contributed by atoms with van der Waals surface area (Å²) in [5, 5.41) is 16.8. The number of amides is 2. The molecule has 2 aliphatic heterocycles. The third-order valence-corrected chi connectivity index (χ3v) is 9.32. The molecule has 0 radical (unpaired) electrons. The maximum absolute atomic E-state index is 14.2. The van der Waals surface area contributed by atoms with Crippen molar-refractivity contribution in [1.82, 2.24) is 4.90 Å². The van der Waals surface area contributed by atoms with Crippen molar-refractivity contribution >= 4 is 23.1 Å². The minimum Gasteiger partial charge on any atom is -0.504 e. The highest BCUT2D eigenvalue weighted by molar-refractivity contribution is 6.03. The monoisotopic (exact) mass is 641 g/mol. The van der Waals surface area contributed by atoms with Crippen molar-refractivity contribution in [3.63, 3.8) is 0 Å². The van der Waals surface area contributed by atoms with E-state index in [-0.39, 0.29) is 35.0 Å². The number of nitrogens with one attached hydrogen (secondary N) is 2. The maximum atomic E-state index is 14.2. The summed E-state index contributed by atoms with van der Waals surface area (Å²) in [5.74, 6) is 0.948. The van der Waals surface area contributed by atoms with Crippen LogP contribution in [-0.2, 0) is 19.0 Å². The van der Waals surface area contributed by atoms with Crippen molar-refractivity contribution in [3.8, 4) is 34.1 Å². The van der Waals surface area contributed by atoms with Crippen molar-refractivity contribution in [2.24, 2.45) is 5.73 Å². The second-order valence-electron chi connectivity index (χ2n) is 12.0. The number of benzene rings is 3. The molecule has 5 N–H and O–H groups in total. The number of fused-ring (bicyclic) bond motifs is 2. The second kappa shape index (κ2) is 12.1. The lowest BCUT2D eigenvalue weighted by atomic mass is 9.75. The summed E-state index contributed by atoms with van der Waals surface area (Å²) in [6, 6.07) is 6.40. The van der Waals surface area contributed by atoms with Gasteiger partial charge in [0.2, 0.25) is 0 Å². The molecule has 0 saturated carbocycles. The average Bonchev–Trinajstić information content (AvgIpc) is 3.03. The Balaban J connectivity index is 1.38. The summed E-state index contributed by atoms with van der Waals surface area (Å²) in [6.45, 7) is 1.63. The van der Waals surface area contributed by atoms with E-state index in [2.05, 4.69) is 15.5 Å². The Hall–Kier alpha value is -4.36. The molecule has 0 spiro atoms. The second-order valence-corrected chi connectivity index (χ2v) is 12.0. The Morgan fingerprint density at radius 1 is 0.978 bits per heavy atom. The van der Waals surface area contributed by atoms with E-state index in [0.29, 0.717) is 66.2 Å². The summed E-state index contributed by atoms with van der Waals surface area (Å²) in [5.41, 5.74) is 9.31. The van der Waals surface area contributed by atoms with Crippen LogP contribution in [0.4, 0.5) is 35.0 Å². The zero-order valence-electron chi connectivity index (χ0n) is 26.2. The van der Waals surface area contributed by atoms with Gasteiger partial charge in [-0.05, 0) is 73.7 Å². The van der Waals surface area contributed by atoms with E-state index in [1.54, 1.807) is 12.0 Å². The molecular weight excluding hydrogens is 603 g/mol. The molecule has 1 aliphatic carbocycles. The van der Waals surface area contributed by atoms with Crippen molar-refractivity contribution < 1.29 is 37.3 Å². The number of likely N-dealkylation sites (N-methyl/N-ethyl adjacent to an activating group) is 1. The number of nitrogens with two attached hydrogens (primary N) is 1. The van der Waals surface area contributed by atoms with Gasteiger partial charge in [0.15, 0.2) is 23.0 Å². The third kappa shape index (κ3) is 5.51. The number of rotatable bonds is 6. The van der Waals surface area contributed by atoms with Crippen LogP contribution in [0.5, 0.6) is 23.0 Å². The number of phenolic OH excluding ortho intramolecular Hbond substituents is 1. The zero-order valence-corrected chi connectivity index (χ0v) is 26.2. The molecule has 1 fully saturated rings. The fraction of sp³-hybridized carbons (Fsp3) is 0.424. The smallest absolute Gasteiger partial charge is 0.418 e. The number of urea groups is 1. The Morgan fingerprint density at radius 2 is 1.70 bits per heavy atom. The van der Waals surface area contributed by atoms with Crippen molar-refractivity contribution in [2.75, 3.05) is 63.5 Å². The van der Waals surface area contributed by atoms with E-state index < -0.39 is 17.8 Å². The summed E-state index contributed by atoms with van der Waals surface area (Å²) >= 11 is 0. The van der Waals surface area contributed by atoms with Crippen LogP contribution in [0.3, 0.4) is 0 Å². The number of piperidine rings is 1. The lowest BCUT2D eigenvalue weighted by Gasteiger charge is -2.41. The molecule has 3 aromatic rings. The minimum absolute atomic E-state index is 0.0182. The number of anilines is 3. The van der Waals surface area contributed by atoms with Crippen LogP contribution >= 0.6 is 0 Å². The highest BCUT2D eigenvalue weighted by Gasteiger charge is 2.40. The predicted octanol–water partition coefficient (Wildman–Crippen LogP) is 5.76. The molecule has 3 aliphatic rings. The number of nitrogens with zero attached hydrogens (tertiary/aromatic N) is 2. The number of hydrogen-bond donors (Lipinski definition) is 4. The summed E-state index contributed by atoms with van der Waals surface area (Å²) in [7, 11) is 6.50. The Bertz CT molecular complexity index is 1670. The predicted molar refractivity (Wildman–Crippen MR) is 169 cm³/mol. The molecule has 0 unspecified atom stereocenters. The Morgan fingerprint density at radius 3 is 2.35 bits per heavy atom. The first-order valence-electron chi connectivity index (χ1n) is 15.2. The van der Waals surface area contributed by atoms with E-state index in [0.717, 1.165) is 30.2 Å². The molecule has 10 nitrogen and oxygen atoms in total. The first kappa shape index (κ1) is 31.6. The molecule has 2 heterocycles. The van der Waals surface area contributed by atoms with Gasteiger partial charge in [0.05, 0.1) is 32.6 Å². The zero-order chi connectivity index (χ0) is 32.9. The van der Waals surface area contributed by atoms with Gasteiger partial charge in [-0.2, -0.15) is 13.2 Å². The molecule has 0 bridgehead atoms. The molecule has 0 aromatic heterocycles. The van der Waals surface area contributed by atoms with E-state index in [1.807, 2.05) is 13.1 Å². The van der Waals surface area contributed by atoms with Crippen molar-refractivity contribution in [2.45, 2.75) is 43.9 Å². The quantitative estimate of drug-likeness (QED) is 0.251. The Kier molecular flexibility index (Phi) is 8.32. The molecule has 3 aromatic carbocycles. The highest BCUT2D eigenvalue weighted by Crippen LogP contribution is 2.57. The lowest BCUT2D eigenvalue weighted by molar-refractivity contribution is -0.137. The number of phenols is 1. The van der Waals surface area contributed by atoms with Crippen LogP contribution < -0.4 is 35.5 Å². The van der Waals surface area contributed by atoms with Crippen LogP contribution in [0.1, 0.15) is 41.1 Å². The molecule has 2 amide bonds. The van der Waals surface area contributed by atoms with Crippen LogP contribution in [0, 0.1) is 0 Å². The molecular formula is C33H38F3N5O5. The van der Waals surface area contributed by atoms with E-state index in [1.165, 1.54) is 32.4 Å². The van der Waals surface area contributed by atoms with Gasteiger partial charge in [0, 0.05) is 60.3 Å². The van der Waals surface area contributed by atoms with Crippen molar-refractivity contribution in [3.05, 3.63) is 52.6 Å². The number of alkyl halides is 3. The maximum Gasteiger partial charge on any atom is 0.418 e. The SMILES string of the molecule is COc1cc(NC(=O)Nc2ccc(N3CCC(N)CC3)c(C(F)(F)F)c2)c2c(c1O)-c1c(OC)c(OC)cc3c1[C@H](C2)N(C)CC3. The molecule has 46 heavy (non-hydrogen) atoms. The van der Waals surface area contributed by atoms with Gasteiger partial charge in [0.1, 0.15) is 0 Å². The molecule has 1 atom stereocenters. The normalized spacial score (nSPS) is 18.0. The topological polar surface area (TPSA) is 122 Å². The first-order chi connectivity index (χ1) is 21.9. The average molecular weight is 642 g/mol. The Labute approximate surface area is 265 Å². The minimum atomic E-state index is -4.63. The molecule has 246 valence electrons. The van der Waals surface area contributed by atoms with Gasteiger partial charge in [-0.1, -0.05) is 0 Å². The summed E-state index contributed by atoms with van der Waals surface area (Å²) in [6.07, 6.45) is -2.22. The van der Waals surface area contributed by atoms with E-state index in [9.17, 15) is 23.1 Å². The van der Waals surface area contributed by atoms with Gasteiger partial charge in [-0.15, -0.1) is 0 Å². The van der Waals surface area contributed by atoms with Crippen molar-refractivity contribution in [1.29, 1.82) is 0 Å². The van der Waals surface area contributed by atoms with Gasteiger partial charge in [0.25, 0.3) is 0 Å². The fourth-order valence-corrected chi connectivity index (χ4v) is 7.00. The fourth-order valence-electron chi connectivity index (χ4n) is 7.00. The number of methoxy groups -OCH3 is 3. The van der Waals surface area contributed by atoms with Gasteiger partial charge in [-0.3, -0.25) is 4.90 Å². The van der Waals surface area contributed by atoms with Gasteiger partial charge < -0.3 is 40.6 Å². The highest BCUT2D eigenvalue weighted by atomic mass is 19.4. The number of ether oxygens (including phenoxy) is 3. The first-order valence-corrected chi connectivity index (χ1v) is 15.2.